The molecule has 2 aliphatic rings. The molecule has 3 heterocycles. The summed E-state index contributed by atoms with van der Waals surface area (Å²) in [5, 5.41) is 7.45. The van der Waals surface area contributed by atoms with Gasteiger partial charge in [-0.3, -0.25) is 9.48 Å². The first kappa shape index (κ1) is 11.6. The number of hydrogen-bond donors (Lipinski definition) is 1. The molecule has 0 aliphatic carbocycles. The van der Waals surface area contributed by atoms with Crippen LogP contribution in [0.4, 0.5) is 11.5 Å². The zero-order valence-corrected chi connectivity index (χ0v) is 11.2. The molecule has 1 aromatic heterocycles. The molecule has 5 nitrogen and oxygen atoms in total. The third kappa shape index (κ3) is 1.53. The summed E-state index contributed by atoms with van der Waals surface area (Å²) >= 11 is 0. The lowest BCUT2D eigenvalue weighted by Gasteiger charge is -2.42. The van der Waals surface area contributed by atoms with Gasteiger partial charge in [0.05, 0.1) is 5.69 Å². The largest absolute Gasteiger partial charge is 0.343 e. The van der Waals surface area contributed by atoms with E-state index in [0.717, 1.165) is 36.6 Å². The second kappa shape index (κ2) is 4.00. The molecule has 0 aromatic carbocycles. The Labute approximate surface area is 107 Å². The van der Waals surface area contributed by atoms with Gasteiger partial charge in [0.15, 0.2) is 5.82 Å². The van der Waals surface area contributed by atoms with Gasteiger partial charge in [0.2, 0.25) is 5.91 Å². The van der Waals surface area contributed by atoms with E-state index in [1.165, 1.54) is 6.42 Å². The molecule has 5 heteroatoms. The maximum absolute atomic E-state index is 12.2. The summed E-state index contributed by atoms with van der Waals surface area (Å²) in [6.07, 6.45) is 3.30. The maximum Gasteiger partial charge on any atom is 0.247 e. The van der Waals surface area contributed by atoms with Crippen molar-refractivity contribution >= 4 is 17.4 Å². The Morgan fingerprint density at radius 1 is 1.50 bits per heavy atom. The topological polar surface area (TPSA) is 50.2 Å². The number of rotatable bonds is 1. The lowest BCUT2D eigenvalue weighted by atomic mass is 9.87. The Morgan fingerprint density at radius 3 is 3.00 bits per heavy atom. The van der Waals surface area contributed by atoms with Gasteiger partial charge < -0.3 is 10.2 Å². The summed E-state index contributed by atoms with van der Waals surface area (Å²) in [7, 11) is 1.95. The standard InChI is InChI=1S/C13H20N4O/c1-4-9-5-6-17-10(7-9)12(18)14-11-8(2)15-16(3)13(11)17/h9-10H,4-7H2,1-3H3,(H,14,18). The first-order chi connectivity index (χ1) is 8.61. The van der Waals surface area contributed by atoms with Crippen molar-refractivity contribution in [1.82, 2.24) is 9.78 Å². The summed E-state index contributed by atoms with van der Waals surface area (Å²) in [6, 6.07) is -0.00833. The second-order valence-electron chi connectivity index (χ2n) is 5.40. The maximum atomic E-state index is 12.2. The molecule has 0 spiro atoms. The zero-order valence-electron chi connectivity index (χ0n) is 11.2. The van der Waals surface area contributed by atoms with E-state index in [9.17, 15) is 4.79 Å². The van der Waals surface area contributed by atoms with Gasteiger partial charge >= 0.3 is 0 Å². The molecule has 1 N–H and O–H groups in total. The molecule has 0 radical (unpaired) electrons. The predicted molar refractivity (Wildman–Crippen MR) is 70.7 cm³/mol. The van der Waals surface area contributed by atoms with Crippen LogP contribution in [-0.4, -0.2) is 28.3 Å². The number of carbonyl (C=O) groups excluding carboxylic acids is 1. The highest BCUT2D eigenvalue weighted by Crippen LogP contribution is 2.39. The van der Waals surface area contributed by atoms with Gasteiger partial charge in [-0.25, -0.2) is 0 Å². The average molecular weight is 248 g/mol. The molecule has 3 rings (SSSR count). The predicted octanol–water partition coefficient (Wildman–Crippen LogP) is 1.68. The number of carbonyl (C=O) groups is 1. The molecule has 2 aliphatic heterocycles. The Kier molecular flexibility index (Phi) is 2.57. The molecule has 2 atom stereocenters. The normalized spacial score (nSPS) is 26.6. The monoisotopic (exact) mass is 248 g/mol. The Hall–Kier alpha value is -1.52. The lowest BCUT2D eigenvalue weighted by molar-refractivity contribution is -0.118. The zero-order chi connectivity index (χ0) is 12.9. The quantitative estimate of drug-likeness (QED) is 0.822. The smallest absolute Gasteiger partial charge is 0.247 e. The number of amides is 1. The van der Waals surface area contributed by atoms with Gasteiger partial charge in [0.25, 0.3) is 0 Å². The molecule has 18 heavy (non-hydrogen) atoms. The van der Waals surface area contributed by atoms with Gasteiger partial charge in [0.1, 0.15) is 11.7 Å². The van der Waals surface area contributed by atoms with Crippen LogP contribution < -0.4 is 10.2 Å². The second-order valence-corrected chi connectivity index (χ2v) is 5.40. The fraction of sp³-hybridized carbons (Fsp3) is 0.692. The molecule has 2 unspecified atom stereocenters. The van der Waals surface area contributed by atoms with Crippen molar-refractivity contribution in [3.05, 3.63) is 5.69 Å². The van der Waals surface area contributed by atoms with Crippen LogP contribution >= 0.6 is 0 Å². The molecule has 1 aromatic rings. The summed E-state index contributed by atoms with van der Waals surface area (Å²) in [5.41, 5.74) is 1.80. The minimum absolute atomic E-state index is 0.00833. The van der Waals surface area contributed by atoms with Crippen LogP contribution in [0.3, 0.4) is 0 Å². The van der Waals surface area contributed by atoms with E-state index < -0.39 is 0 Å². The van der Waals surface area contributed by atoms with E-state index in [-0.39, 0.29) is 11.9 Å². The lowest BCUT2D eigenvalue weighted by Crippen LogP contribution is -2.53. The van der Waals surface area contributed by atoms with E-state index in [2.05, 4.69) is 22.2 Å². The van der Waals surface area contributed by atoms with Crippen LogP contribution in [0.2, 0.25) is 0 Å². The number of fused-ring (bicyclic) bond motifs is 3. The molecule has 1 saturated heterocycles. The number of nitrogens with zero attached hydrogens (tertiary/aromatic N) is 3. The van der Waals surface area contributed by atoms with Crippen molar-refractivity contribution in [3.8, 4) is 0 Å². The average Bonchev–Trinajstić information content (AvgIpc) is 2.64. The first-order valence-corrected chi connectivity index (χ1v) is 6.73. The first-order valence-electron chi connectivity index (χ1n) is 6.73. The van der Waals surface area contributed by atoms with Crippen LogP contribution in [0.15, 0.2) is 0 Å². The molecular formula is C13H20N4O. The van der Waals surface area contributed by atoms with Gasteiger partial charge in [-0.1, -0.05) is 13.3 Å². The van der Waals surface area contributed by atoms with Crippen LogP contribution in [-0.2, 0) is 11.8 Å². The summed E-state index contributed by atoms with van der Waals surface area (Å²) < 4.78 is 1.89. The summed E-state index contributed by atoms with van der Waals surface area (Å²) in [5.74, 6) is 1.89. The minimum atomic E-state index is -0.00833. The van der Waals surface area contributed by atoms with E-state index in [0.29, 0.717) is 5.92 Å². The third-order valence-corrected chi connectivity index (χ3v) is 4.30. The number of nitrogens with one attached hydrogen (secondary N) is 1. The number of piperidine rings is 1. The fourth-order valence-corrected chi connectivity index (χ4v) is 3.24. The van der Waals surface area contributed by atoms with Crippen molar-refractivity contribution < 1.29 is 4.79 Å². The highest BCUT2D eigenvalue weighted by molar-refractivity contribution is 6.03. The van der Waals surface area contributed by atoms with Crippen molar-refractivity contribution in [1.29, 1.82) is 0 Å². The van der Waals surface area contributed by atoms with E-state index in [1.807, 2.05) is 18.7 Å². The van der Waals surface area contributed by atoms with Crippen molar-refractivity contribution in [2.24, 2.45) is 13.0 Å². The van der Waals surface area contributed by atoms with E-state index in [4.69, 9.17) is 0 Å². The highest BCUT2D eigenvalue weighted by atomic mass is 16.2. The summed E-state index contributed by atoms with van der Waals surface area (Å²) in [4.78, 5) is 14.5. The number of aromatic nitrogens is 2. The fourth-order valence-electron chi connectivity index (χ4n) is 3.24. The molecule has 1 fully saturated rings. The Bertz CT molecular complexity index is 493. The van der Waals surface area contributed by atoms with Crippen LogP contribution in [0, 0.1) is 12.8 Å². The summed E-state index contributed by atoms with van der Waals surface area (Å²) in [6.45, 7) is 5.11. The minimum Gasteiger partial charge on any atom is -0.343 e. The van der Waals surface area contributed by atoms with Crippen LogP contribution in [0.5, 0.6) is 0 Å². The van der Waals surface area contributed by atoms with E-state index >= 15 is 0 Å². The van der Waals surface area contributed by atoms with Gasteiger partial charge in [-0.2, -0.15) is 5.10 Å². The highest BCUT2D eigenvalue weighted by Gasteiger charge is 2.40. The van der Waals surface area contributed by atoms with Gasteiger partial charge in [-0.05, 0) is 25.7 Å². The van der Waals surface area contributed by atoms with Crippen LogP contribution in [0.1, 0.15) is 31.9 Å². The molecule has 0 bridgehead atoms. The van der Waals surface area contributed by atoms with Crippen molar-refractivity contribution in [2.45, 2.75) is 39.2 Å². The molecule has 0 saturated carbocycles. The number of anilines is 2. The van der Waals surface area contributed by atoms with E-state index in [1.54, 1.807) is 0 Å². The van der Waals surface area contributed by atoms with Gasteiger partial charge in [-0.15, -0.1) is 0 Å². The van der Waals surface area contributed by atoms with Crippen molar-refractivity contribution in [3.63, 3.8) is 0 Å². The third-order valence-electron chi connectivity index (χ3n) is 4.30. The Balaban J connectivity index is 2.00. The molecular weight excluding hydrogens is 228 g/mol. The SMILES string of the molecule is CCC1CCN2c3c(c(C)nn3C)NC(=O)C2C1. The molecule has 98 valence electrons. The number of aryl methyl sites for hydroxylation is 2. The molecule has 1 amide bonds. The van der Waals surface area contributed by atoms with Gasteiger partial charge in [0, 0.05) is 13.6 Å². The Morgan fingerprint density at radius 2 is 2.28 bits per heavy atom. The van der Waals surface area contributed by atoms with Crippen molar-refractivity contribution in [2.75, 3.05) is 16.8 Å². The van der Waals surface area contributed by atoms with Crippen LogP contribution in [0.25, 0.3) is 0 Å². The number of hydrogen-bond acceptors (Lipinski definition) is 3.